The van der Waals surface area contributed by atoms with Crippen LogP contribution in [0.25, 0.3) is 5.69 Å². The Balaban J connectivity index is 2.13. The molecule has 3 rings (SSSR count). The zero-order chi connectivity index (χ0) is 21.2. The Kier molecular flexibility index (Phi) is 5.85. The zero-order valence-corrected chi connectivity index (χ0v) is 16.7. The number of sulfone groups is 1. The Morgan fingerprint density at radius 1 is 1.31 bits per heavy atom. The molecule has 0 radical (unpaired) electrons. The van der Waals surface area contributed by atoms with E-state index in [1.807, 2.05) is 0 Å². The van der Waals surface area contributed by atoms with Crippen LogP contribution in [0.1, 0.15) is 11.3 Å². The Morgan fingerprint density at radius 2 is 2.07 bits per heavy atom. The van der Waals surface area contributed by atoms with Crippen molar-refractivity contribution in [2.75, 3.05) is 6.54 Å². The summed E-state index contributed by atoms with van der Waals surface area (Å²) in [7, 11) is -4.06. The second-order valence-electron chi connectivity index (χ2n) is 6.07. The third-order valence-electron chi connectivity index (χ3n) is 4.14. The maximum absolute atomic E-state index is 14.1. The van der Waals surface area contributed by atoms with Gasteiger partial charge >= 0.3 is 6.09 Å². The number of carbonyl (C=O) groups is 1. The predicted octanol–water partition coefficient (Wildman–Crippen LogP) is 3.01. The maximum atomic E-state index is 14.1. The molecule has 0 spiro atoms. The standard InChI is InChI=1S/C18H16ClFN4O4S/c1-11-14(20)3-2-4-15(11)24-17(9-12(23-24)7-8-21-18(25)26)29(27,28)13-5-6-16(19)22-10-13/h2-6,9-10,21H,7-8H2,1H3,(H,25,26). The topological polar surface area (TPSA) is 114 Å². The SMILES string of the molecule is Cc1c(F)cccc1-n1nc(CCNC(=O)O)cc1S(=O)(=O)c1ccc(Cl)nc1. The molecule has 1 amide bonds. The van der Waals surface area contributed by atoms with Gasteiger partial charge in [-0.05, 0) is 37.3 Å². The predicted molar refractivity (Wildman–Crippen MR) is 103 cm³/mol. The fourth-order valence-electron chi connectivity index (χ4n) is 2.66. The van der Waals surface area contributed by atoms with Gasteiger partial charge in [0.15, 0.2) is 5.03 Å². The number of halogens is 2. The van der Waals surface area contributed by atoms with E-state index in [1.54, 1.807) is 6.07 Å². The number of nitrogens with one attached hydrogen (secondary N) is 1. The third kappa shape index (κ3) is 4.38. The van der Waals surface area contributed by atoms with Crippen LogP contribution in [-0.2, 0) is 16.3 Å². The van der Waals surface area contributed by atoms with E-state index >= 15 is 0 Å². The Bertz CT molecular complexity index is 1160. The number of rotatable bonds is 6. The van der Waals surface area contributed by atoms with Crippen molar-refractivity contribution in [2.45, 2.75) is 23.3 Å². The molecule has 0 aliphatic heterocycles. The lowest BCUT2D eigenvalue weighted by Gasteiger charge is -2.11. The summed E-state index contributed by atoms with van der Waals surface area (Å²) < 4.78 is 41.6. The van der Waals surface area contributed by atoms with E-state index in [0.29, 0.717) is 5.69 Å². The molecule has 152 valence electrons. The number of pyridine rings is 1. The molecule has 2 heterocycles. The molecule has 3 aromatic rings. The number of amides is 1. The highest BCUT2D eigenvalue weighted by atomic mass is 35.5. The van der Waals surface area contributed by atoms with Crippen LogP contribution < -0.4 is 5.32 Å². The van der Waals surface area contributed by atoms with Crippen molar-refractivity contribution in [1.29, 1.82) is 0 Å². The van der Waals surface area contributed by atoms with Crippen LogP contribution in [0.2, 0.25) is 5.15 Å². The lowest BCUT2D eigenvalue weighted by molar-refractivity contribution is 0.194. The maximum Gasteiger partial charge on any atom is 0.404 e. The van der Waals surface area contributed by atoms with Gasteiger partial charge in [-0.15, -0.1) is 0 Å². The van der Waals surface area contributed by atoms with Gasteiger partial charge in [0.25, 0.3) is 0 Å². The molecule has 11 heteroatoms. The fourth-order valence-corrected chi connectivity index (χ4v) is 4.11. The molecule has 0 fully saturated rings. The van der Waals surface area contributed by atoms with Crippen LogP contribution in [0, 0.1) is 12.7 Å². The first-order valence-electron chi connectivity index (χ1n) is 8.38. The number of hydrogen-bond donors (Lipinski definition) is 2. The van der Waals surface area contributed by atoms with Crippen molar-refractivity contribution in [3.63, 3.8) is 0 Å². The molecule has 2 N–H and O–H groups in total. The van der Waals surface area contributed by atoms with Gasteiger partial charge in [-0.3, -0.25) is 0 Å². The highest BCUT2D eigenvalue weighted by Gasteiger charge is 2.26. The van der Waals surface area contributed by atoms with Crippen LogP contribution in [-0.4, -0.2) is 40.9 Å². The molecule has 0 unspecified atom stereocenters. The monoisotopic (exact) mass is 438 g/mol. The molecular weight excluding hydrogens is 423 g/mol. The average molecular weight is 439 g/mol. The highest BCUT2D eigenvalue weighted by Crippen LogP contribution is 2.27. The van der Waals surface area contributed by atoms with E-state index in [4.69, 9.17) is 16.7 Å². The van der Waals surface area contributed by atoms with E-state index in [1.165, 1.54) is 37.3 Å². The third-order valence-corrected chi connectivity index (χ3v) is 6.06. The van der Waals surface area contributed by atoms with Gasteiger partial charge in [0.05, 0.1) is 16.3 Å². The van der Waals surface area contributed by atoms with Gasteiger partial charge in [0.2, 0.25) is 9.84 Å². The summed E-state index contributed by atoms with van der Waals surface area (Å²) in [6.07, 6.45) is 0.0687. The van der Waals surface area contributed by atoms with Crippen molar-refractivity contribution < 1.29 is 22.7 Å². The van der Waals surface area contributed by atoms with Crippen molar-refractivity contribution in [3.8, 4) is 5.69 Å². The molecule has 0 aliphatic carbocycles. The summed E-state index contributed by atoms with van der Waals surface area (Å²) in [4.78, 5) is 14.3. The highest BCUT2D eigenvalue weighted by molar-refractivity contribution is 7.91. The van der Waals surface area contributed by atoms with Crippen LogP contribution in [0.15, 0.2) is 52.5 Å². The number of benzene rings is 1. The summed E-state index contributed by atoms with van der Waals surface area (Å²) in [5.74, 6) is -0.511. The molecule has 0 atom stereocenters. The molecule has 0 saturated carbocycles. The second-order valence-corrected chi connectivity index (χ2v) is 8.36. The Morgan fingerprint density at radius 3 is 2.72 bits per heavy atom. The molecule has 0 bridgehead atoms. The van der Waals surface area contributed by atoms with E-state index in [2.05, 4.69) is 15.4 Å². The average Bonchev–Trinajstić information content (AvgIpc) is 3.09. The first kappa shape index (κ1) is 20.7. The lowest BCUT2D eigenvalue weighted by atomic mass is 10.2. The van der Waals surface area contributed by atoms with Gasteiger partial charge in [0, 0.05) is 24.7 Å². The van der Waals surface area contributed by atoms with Gasteiger partial charge in [0.1, 0.15) is 11.0 Å². The summed E-state index contributed by atoms with van der Waals surface area (Å²) in [5.41, 5.74) is 0.794. The minimum absolute atomic E-state index is 0.0382. The first-order chi connectivity index (χ1) is 13.7. The smallest absolute Gasteiger partial charge is 0.404 e. The van der Waals surface area contributed by atoms with Crippen LogP contribution in [0.3, 0.4) is 0 Å². The molecule has 8 nitrogen and oxygen atoms in total. The number of carboxylic acid groups (broad SMARTS) is 1. The van der Waals surface area contributed by atoms with Crippen LogP contribution in [0.4, 0.5) is 9.18 Å². The summed E-state index contributed by atoms with van der Waals surface area (Å²) in [5, 5.41) is 15.1. The summed E-state index contributed by atoms with van der Waals surface area (Å²) >= 11 is 5.74. The van der Waals surface area contributed by atoms with Crippen molar-refractivity contribution in [2.24, 2.45) is 0 Å². The summed E-state index contributed by atoms with van der Waals surface area (Å²) in [6, 6.07) is 8.25. The zero-order valence-electron chi connectivity index (χ0n) is 15.1. The fraction of sp³-hybridized carbons (Fsp3) is 0.167. The number of aromatic nitrogens is 3. The van der Waals surface area contributed by atoms with E-state index < -0.39 is 21.7 Å². The van der Waals surface area contributed by atoms with Gasteiger partial charge in [-0.2, -0.15) is 5.10 Å². The largest absolute Gasteiger partial charge is 0.465 e. The molecule has 1 aromatic carbocycles. The molecule has 0 saturated heterocycles. The molecule has 2 aromatic heterocycles. The van der Waals surface area contributed by atoms with Crippen molar-refractivity contribution in [1.82, 2.24) is 20.1 Å². The molecular formula is C18H16ClFN4O4S. The van der Waals surface area contributed by atoms with Crippen molar-refractivity contribution in [3.05, 3.63) is 64.8 Å². The Labute approximate surface area is 170 Å². The van der Waals surface area contributed by atoms with Crippen LogP contribution >= 0.6 is 11.6 Å². The van der Waals surface area contributed by atoms with Gasteiger partial charge in [-0.1, -0.05) is 17.7 Å². The van der Waals surface area contributed by atoms with Crippen molar-refractivity contribution >= 4 is 27.5 Å². The minimum Gasteiger partial charge on any atom is -0.465 e. The number of nitrogens with zero attached hydrogens (tertiary/aromatic N) is 3. The van der Waals surface area contributed by atoms with E-state index in [9.17, 15) is 17.6 Å². The summed E-state index contributed by atoms with van der Waals surface area (Å²) in [6.45, 7) is 1.55. The van der Waals surface area contributed by atoms with Gasteiger partial charge in [-0.25, -0.2) is 27.3 Å². The quantitative estimate of drug-likeness (QED) is 0.572. The normalized spacial score (nSPS) is 11.4. The lowest BCUT2D eigenvalue weighted by Crippen LogP contribution is -2.23. The molecule has 0 aliphatic rings. The Hall–Kier alpha value is -2.98. The van der Waals surface area contributed by atoms with Gasteiger partial charge < -0.3 is 10.4 Å². The van der Waals surface area contributed by atoms with E-state index in [-0.39, 0.29) is 39.3 Å². The molecule has 29 heavy (non-hydrogen) atoms. The number of hydrogen-bond acceptors (Lipinski definition) is 5. The van der Waals surface area contributed by atoms with Crippen LogP contribution in [0.5, 0.6) is 0 Å². The second kappa shape index (κ2) is 8.18. The minimum atomic E-state index is -4.06. The first-order valence-corrected chi connectivity index (χ1v) is 10.2. The van der Waals surface area contributed by atoms with E-state index in [0.717, 1.165) is 10.9 Å².